The molecule has 2 N–H and O–H groups in total. The van der Waals surface area contributed by atoms with Crippen LogP contribution in [0, 0.1) is 5.92 Å². The Morgan fingerprint density at radius 3 is 2.36 bits per heavy atom. The maximum absolute atomic E-state index is 11.2. The van der Waals surface area contributed by atoms with Crippen LogP contribution in [0.15, 0.2) is 0 Å². The molecule has 0 aromatic carbocycles. The molecule has 0 saturated heterocycles. The molecule has 2 nitrogen and oxygen atoms in total. The third kappa shape index (κ3) is 4.14. The molecular weight excluding hydrogens is 138 g/mol. The smallest absolute Gasteiger partial charge is 0.152 e. The first-order chi connectivity index (χ1) is 5.09. The van der Waals surface area contributed by atoms with Gasteiger partial charge in [-0.3, -0.25) is 4.79 Å². The van der Waals surface area contributed by atoms with Gasteiger partial charge in [-0.2, -0.15) is 0 Å². The minimum absolute atomic E-state index is 0.148. The van der Waals surface area contributed by atoms with E-state index in [0.29, 0.717) is 0 Å². The van der Waals surface area contributed by atoms with E-state index in [0.717, 1.165) is 19.3 Å². The Labute approximate surface area is 69.2 Å². The van der Waals surface area contributed by atoms with Crippen molar-refractivity contribution >= 4 is 5.78 Å². The summed E-state index contributed by atoms with van der Waals surface area (Å²) in [5, 5.41) is 0. The molecule has 0 aliphatic heterocycles. The van der Waals surface area contributed by atoms with Crippen LogP contribution in [-0.4, -0.2) is 11.8 Å². The van der Waals surface area contributed by atoms with E-state index in [-0.39, 0.29) is 17.7 Å². The summed E-state index contributed by atoms with van der Waals surface area (Å²) in [5.74, 6) is 0.341. The van der Waals surface area contributed by atoms with Gasteiger partial charge in [0.25, 0.3) is 0 Å². The molecule has 0 heterocycles. The minimum atomic E-state index is -0.290. The zero-order valence-corrected chi connectivity index (χ0v) is 7.76. The molecule has 2 heteroatoms. The lowest BCUT2D eigenvalue weighted by Crippen LogP contribution is -2.31. The molecule has 0 fully saturated rings. The lowest BCUT2D eigenvalue weighted by molar-refractivity contribution is -0.123. The highest BCUT2D eigenvalue weighted by Crippen LogP contribution is 2.09. The first-order valence-electron chi connectivity index (χ1n) is 4.38. The first-order valence-corrected chi connectivity index (χ1v) is 4.38. The maximum Gasteiger partial charge on any atom is 0.152 e. The van der Waals surface area contributed by atoms with Gasteiger partial charge in [0.1, 0.15) is 0 Å². The number of unbranched alkanes of at least 4 members (excludes halogenated alkanes) is 1. The highest BCUT2D eigenvalue weighted by Gasteiger charge is 2.15. The van der Waals surface area contributed by atoms with Crippen molar-refractivity contribution in [1.29, 1.82) is 0 Å². The van der Waals surface area contributed by atoms with Crippen LogP contribution in [0.25, 0.3) is 0 Å². The van der Waals surface area contributed by atoms with Crippen LogP contribution < -0.4 is 5.73 Å². The van der Waals surface area contributed by atoms with Crippen LogP contribution in [0.2, 0.25) is 0 Å². The van der Waals surface area contributed by atoms with Gasteiger partial charge >= 0.3 is 0 Å². The lowest BCUT2D eigenvalue weighted by Gasteiger charge is -2.11. The molecule has 66 valence electrons. The number of Topliss-reactive ketones (excluding diaryl/α,β-unsaturated/α-hetero) is 1. The van der Waals surface area contributed by atoms with Gasteiger partial charge in [0.15, 0.2) is 5.78 Å². The van der Waals surface area contributed by atoms with Crippen molar-refractivity contribution in [2.75, 3.05) is 0 Å². The van der Waals surface area contributed by atoms with Crippen molar-refractivity contribution in [3.63, 3.8) is 0 Å². The average Bonchev–Trinajstić information content (AvgIpc) is 1.98. The molecule has 0 saturated carbocycles. The van der Waals surface area contributed by atoms with Gasteiger partial charge < -0.3 is 5.73 Å². The molecule has 0 aliphatic carbocycles. The van der Waals surface area contributed by atoms with Crippen LogP contribution in [0.5, 0.6) is 0 Å². The van der Waals surface area contributed by atoms with Crippen molar-refractivity contribution in [2.45, 2.75) is 46.1 Å². The second kappa shape index (κ2) is 5.30. The SMILES string of the molecule is CCCCC(C)C(=O)C(C)N. The molecular formula is C9H19NO. The Balaban J connectivity index is 3.64. The van der Waals surface area contributed by atoms with E-state index in [2.05, 4.69) is 6.92 Å². The summed E-state index contributed by atoms with van der Waals surface area (Å²) in [6.07, 6.45) is 3.26. The number of nitrogens with two attached hydrogens (primary N) is 1. The summed E-state index contributed by atoms with van der Waals surface area (Å²) in [4.78, 5) is 11.2. The summed E-state index contributed by atoms with van der Waals surface area (Å²) in [7, 11) is 0. The van der Waals surface area contributed by atoms with Gasteiger partial charge in [0, 0.05) is 5.92 Å². The molecule has 2 unspecified atom stereocenters. The normalized spacial score (nSPS) is 16.0. The highest BCUT2D eigenvalue weighted by atomic mass is 16.1. The number of ketones is 1. The van der Waals surface area contributed by atoms with Crippen molar-refractivity contribution in [2.24, 2.45) is 11.7 Å². The molecule has 0 aromatic heterocycles. The Morgan fingerprint density at radius 2 is 2.00 bits per heavy atom. The second-order valence-electron chi connectivity index (χ2n) is 3.23. The van der Waals surface area contributed by atoms with E-state index in [1.807, 2.05) is 6.92 Å². The molecule has 2 atom stereocenters. The molecule has 0 aliphatic rings. The zero-order valence-electron chi connectivity index (χ0n) is 7.76. The zero-order chi connectivity index (χ0) is 8.85. The molecule has 11 heavy (non-hydrogen) atoms. The Morgan fingerprint density at radius 1 is 1.45 bits per heavy atom. The summed E-state index contributed by atoms with van der Waals surface area (Å²) in [6.45, 7) is 5.84. The van der Waals surface area contributed by atoms with Gasteiger partial charge in [0.05, 0.1) is 6.04 Å². The van der Waals surface area contributed by atoms with Crippen LogP contribution in [0.3, 0.4) is 0 Å². The van der Waals surface area contributed by atoms with Gasteiger partial charge in [-0.1, -0.05) is 26.7 Å². The molecule has 0 radical (unpaired) electrons. The largest absolute Gasteiger partial charge is 0.322 e. The molecule has 0 spiro atoms. The lowest BCUT2D eigenvalue weighted by atomic mass is 9.96. The standard InChI is InChI=1S/C9H19NO/c1-4-5-6-7(2)9(11)8(3)10/h7-8H,4-6,10H2,1-3H3. The van der Waals surface area contributed by atoms with Crippen LogP contribution in [-0.2, 0) is 4.79 Å². The van der Waals surface area contributed by atoms with E-state index in [1.165, 1.54) is 0 Å². The second-order valence-corrected chi connectivity index (χ2v) is 3.23. The number of carbonyl (C=O) groups excluding carboxylic acids is 1. The predicted molar refractivity (Wildman–Crippen MR) is 47.3 cm³/mol. The predicted octanol–water partition coefficient (Wildman–Crippen LogP) is 1.73. The van der Waals surface area contributed by atoms with E-state index in [1.54, 1.807) is 6.92 Å². The monoisotopic (exact) mass is 157 g/mol. The van der Waals surface area contributed by atoms with Gasteiger partial charge in [-0.25, -0.2) is 0 Å². The first kappa shape index (κ1) is 10.6. The summed E-state index contributed by atoms with van der Waals surface area (Å²) in [6, 6.07) is -0.290. The summed E-state index contributed by atoms with van der Waals surface area (Å²) >= 11 is 0. The fraction of sp³-hybridized carbons (Fsp3) is 0.889. The van der Waals surface area contributed by atoms with Crippen molar-refractivity contribution in [3.8, 4) is 0 Å². The fourth-order valence-electron chi connectivity index (χ4n) is 1.10. The third-order valence-electron chi connectivity index (χ3n) is 1.93. The van der Waals surface area contributed by atoms with E-state index in [4.69, 9.17) is 5.73 Å². The quantitative estimate of drug-likeness (QED) is 0.660. The summed E-state index contributed by atoms with van der Waals surface area (Å²) in [5.41, 5.74) is 5.46. The number of hydrogen-bond acceptors (Lipinski definition) is 2. The maximum atomic E-state index is 11.2. The van der Waals surface area contributed by atoms with Gasteiger partial charge in [0.2, 0.25) is 0 Å². The fourth-order valence-corrected chi connectivity index (χ4v) is 1.10. The number of rotatable bonds is 5. The average molecular weight is 157 g/mol. The van der Waals surface area contributed by atoms with Crippen LogP contribution in [0.1, 0.15) is 40.0 Å². The minimum Gasteiger partial charge on any atom is -0.322 e. The Bertz CT molecular complexity index is 121. The van der Waals surface area contributed by atoms with Gasteiger partial charge in [-0.15, -0.1) is 0 Å². The number of hydrogen-bond donors (Lipinski definition) is 1. The van der Waals surface area contributed by atoms with Gasteiger partial charge in [-0.05, 0) is 13.3 Å². The van der Waals surface area contributed by atoms with Crippen LogP contribution >= 0.6 is 0 Å². The molecule has 0 bridgehead atoms. The Kier molecular flexibility index (Phi) is 5.12. The van der Waals surface area contributed by atoms with E-state index < -0.39 is 0 Å². The topological polar surface area (TPSA) is 43.1 Å². The third-order valence-corrected chi connectivity index (χ3v) is 1.93. The Hall–Kier alpha value is -0.370. The van der Waals surface area contributed by atoms with Crippen molar-refractivity contribution in [1.82, 2.24) is 0 Å². The summed E-state index contributed by atoms with van der Waals surface area (Å²) < 4.78 is 0. The molecule has 0 rings (SSSR count). The van der Waals surface area contributed by atoms with E-state index >= 15 is 0 Å². The highest BCUT2D eigenvalue weighted by molar-refractivity contribution is 5.85. The van der Waals surface area contributed by atoms with Crippen molar-refractivity contribution < 1.29 is 4.79 Å². The number of carbonyl (C=O) groups is 1. The van der Waals surface area contributed by atoms with Crippen molar-refractivity contribution in [3.05, 3.63) is 0 Å². The van der Waals surface area contributed by atoms with E-state index in [9.17, 15) is 4.79 Å². The molecule has 0 amide bonds. The van der Waals surface area contributed by atoms with Crippen LogP contribution in [0.4, 0.5) is 0 Å². The molecule has 0 aromatic rings.